The Morgan fingerprint density at radius 3 is 1.69 bits per heavy atom. The van der Waals surface area contributed by atoms with Gasteiger partial charge in [0.2, 0.25) is 0 Å². The molecule has 0 heterocycles. The molecule has 80 valence electrons. The van der Waals surface area contributed by atoms with Crippen LogP contribution in [0.4, 0.5) is 0 Å². The van der Waals surface area contributed by atoms with Crippen molar-refractivity contribution >= 4 is 20.2 Å². The van der Waals surface area contributed by atoms with E-state index in [1.165, 1.54) is 0 Å². The molecule has 0 spiro atoms. The number of hydrogen-bond donors (Lipinski definition) is 3. The third-order valence-corrected chi connectivity index (χ3v) is 3.48. The predicted octanol–water partition coefficient (Wildman–Crippen LogP) is -1.14. The Kier molecular flexibility index (Phi) is 3.82. The minimum atomic E-state index is -4.68. The van der Waals surface area contributed by atoms with Crippen molar-refractivity contribution in [2.45, 2.75) is 24.0 Å². The Balaban J connectivity index is 4.50. The summed E-state index contributed by atoms with van der Waals surface area (Å²) in [6.07, 6.45) is -0.780. The molecule has 0 aromatic heterocycles. The van der Waals surface area contributed by atoms with E-state index < -0.39 is 37.3 Å². The Labute approximate surface area is 75.9 Å². The molecule has 0 radical (unpaired) electrons. The summed E-state index contributed by atoms with van der Waals surface area (Å²) in [6, 6.07) is 0. The van der Waals surface area contributed by atoms with E-state index in [-0.39, 0.29) is 0 Å². The largest absolute Gasteiger partial charge is 0.375 e. The lowest BCUT2D eigenvalue weighted by atomic mass is 10.3. The second-order valence-corrected chi connectivity index (χ2v) is 5.94. The maximum absolute atomic E-state index is 10.4. The van der Waals surface area contributed by atoms with E-state index >= 15 is 0 Å². The van der Waals surface area contributed by atoms with Crippen LogP contribution in [0.2, 0.25) is 0 Å². The van der Waals surface area contributed by atoms with E-state index in [0.29, 0.717) is 0 Å². The zero-order chi connectivity index (χ0) is 10.9. The van der Waals surface area contributed by atoms with Gasteiger partial charge in [-0.05, 0) is 6.92 Å². The summed E-state index contributed by atoms with van der Waals surface area (Å²) in [5, 5.41) is 7.25. The van der Waals surface area contributed by atoms with Crippen molar-refractivity contribution in [2.75, 3.05) is 0 Å². The lowest BCUT2D eigenvalue weighted by Gasteiger charge is -2.10. The van der Waals surface area contributed by atoms with Crippen LogP contribution in [0, 0.1) is 0 Å². The van der Waals surface area contributed by atoms with Crippen molar-refractivity contribution < 1.29 is 31.0 Å². The molecule has 0 aliphatic carbocycles. The Bertz CT molecular complexity index is 316. The Morgan fingerprint density at radius 2 is 1.46 bits per heavy atom. The molecule has 0 aliphatic heterocycles. The highest BCUT2D eigenvalue weighted by Gasteiger charge is 2.27. The van der Waals surface area contributed by atoms with Gasteiger partial charge in [0.15, 0.2) is 5.44 Å². The monoisotopic (exact) mass is 234 g/mol. The average Bonchev–Trinajstić information content (AvgIpc) is 1.82. The molecule has 2 unspecified atom stereocenters. The van der Waals surface area contributed by atoms with Gasteiger partial charge >= 0.3 is 0 Å². The molecule has 0 aromatic rings. The molecule has 0 saturated heterocycles. The summed E-state index contributed by atoms with van der Waals surface area (Å²) in [4.78, 5) is 0. The third kappa shape index (κ3) is 4.52. The van der Waals surface area contributed by atoms with Crippen LogP contribution >= 0.6 is 0 Å². The van der Waals surface area contributed by atoms with Crippen LogP contribution in [-0.4, -0.2) is 41.7 Å². The smallest absolute Gasteiger partial charge is 0.292 e. The van der Waals surface area contributed by atoms with Gasteiger partial charge in [0.05, 0.1) is 5.25 Å². The first-order valence-corrected chi connectivity index (χ1v) is 6.16. The topological polar surface area (TPSA) is 129 Å². The fourth-order valence-corrected chi connectivity index (χ4v) is 1.61. The van der Waals surface area contributed by atoms with E-state index in [1.54, 1.807) is 0 Å². The van der Waals surface area contributed by atoms with Gasteiger partial charge in [0.1, 0.15) is 0 Å². The Morgan fingerprint density at radius 1 is 1.08 bits per heavy atom. The van der Waals surface area contributed by atoms with Gasteiger partial charge in [-0.25, -0.2) is 0 Å². The lowest BCUT2D eigenvalue weighted by molar-refractivity contribution is 0.221. The first kappa shape index (κ1) is 12.8. The van der Waals surface area contributed by atoms with Gasteiger partial charge in [-0.2, -0.15) is 16.8 Å². The van der Waals surface area contributed by atoms with Gasteiger partial charge < -0.3 is 5.11 Å². The molecule has 0 amide bonds. The maximum Gasteiger partial charge on any atom is 0.292 e. The van der Waals surface area contributed by atoms with E-state index in [2.05, 4.69) is 0 Å². The molecule has 0 rings (SSSR count). The van der Waals surface area contributed by atoms with Gasteiger partial charge in [-0.3, -0.25) is 9.11 Å². The van der Waals surface area contributed by atoms with E-state index in [4.69, 9.17) is 14.2 Å². The molecule has 0 aliphatic rings. The number of aliphatic hydroxyl groups is 1. The normalized spacial score (nSPS) is 18.2. The molecule has 0 saturated carbocycles. The highest BCUT2D eigenvalue weighted by atomic mass is 32.2. The summed E-state index contributed by atoms with van der Waals surface area (Å²) in [6.45, 7) is 1.00. The third-order valence-electron chi connectivity index (χ3n) is 1.39. The van der Waals surface area contributed by atoms with Crippen molar-refractivity contribution in [1.29, 1.82) is 0 Å². The van der Waals surface area contributed by atoms with Crippen LogP contribution in [-0.2, 0) is 20.2 Å². The molecular weight excluding hydrogens is 224 g/mol. The first-order valence-electron chi connectivity index (χ1n) is 3.16. The molecule has 9 heteroatoms. The molecule has 3 N–H and O–H groups in total. The van der Waals surface area contributed by atoms with Crippen LogP contribution in [0.5, 0.6) is 0 Å². The SMILES string of the molecule is CC(CC(O)S(=O)(=O)O)S(=O)(=O)O. The molecule has 0 fully saturated rings. The summed E-state index contributed by atoms with van der Waals surface area (Å²) in [5.74, 6) is 0. The van der Waals surface area contributed by atoms with Gasteiger partial charge in [-0.15, -0.1) is 0 Å². The van der Waals surface area contributed by atoms with E-state index in [1.807, 2.05) is 0 Å². The molecule has 2 atom stereocenters. The van der Waals surface area contributed by atoms with Crippen LogP contribution in [0.1, 0.15) is 13.3 Å². The number of aliphatic hydroxyl groups excluding tert-OH is 1. The van der Waals surface area contributed by atoms with Gasteiger partial charge in [0.25, 0.3) is 20.2 Å². The predicted molar refractivity (Wildman–Crippen MR) is 43.2 cm³/mol. The zero-order valence-corrected chi connectivity index (χ0v) is 8.29. The summed E-state index contributed by atoms with van der Waals surface area (Å²) in [5.41, 5.74) is -2.20. The standard InChI is InChI=1S/C4H10O7S2/c1-3(12(6,7)8)2-4(5)13(9,10)11/h3-5H,2H2,1H3,(H,6,7,8)(H,9,10,11). The summed E-state index contributed by atoms with van der Waals surface area (Å²) < 4.78 is 57.8. The highest BCUT2D eigenvalue weighted by Crippen LogP contribution is 2.09. The summed E-state index contributed by atoms with van der Waals surface area (Å²) in [7, 11) is -9.07. The minimum absolute atomic E-state index is 0.780. The van der Waals surface area contributed by atoms with Gasteiger partial charge in [0, 0.05) is 6.42 Å². The molecule has 0 aromatic carbocycles. The van der Waals surface area contributed by atoms with Crippen LogP contribution in [0.25, 0.3) is 0 Å². The lowest BCUT2D eigenvalue weighted by Crippen LogP contribution is -2.28. The fraction of sp³-hybridized carbons (Fsp3) is 1.00. The summed E-state index contributed by atoms with van der Waals surface area (Å²) >= 11 is 0. The van der Waals surface area contributed by atoms with Crippen molar-refractivity contribution in [3.63, 3.8) is 0 Å². The zero-order valence-electron chi connectivity index (χ0n) is 6.65. The Hall–Kier alpha value is -0.220. The van der Waals surface area contributed by atoms with Crippen molar-refractivity contribution in [2.24, 2.45) is 0 Å². The average molecular weight is 234 g/mol. The van der Waals surface area contributed by atoms with E-state index in [0.717, 1.165) is 6.92 Å². The van der Waals surface area contributed by atoms with Crippen LogP contribution < -0.4 is 0 Å². The van der Waals surface area contributed by atoms with Crippen molar-refractivity contribution in [3.8, 4) is 0 Å². The highest BCUT2D eigenvalue weighted by molar-refractivity contribution is 7.87. The van der Waals surface area contributed by atoms with Gasteiger partial charge in [-0.1, -0.05) is 0 Å². The second-order valence-electron chi connectivity index (χ2n) is 2.53. The van der Waals surface area contributed by atoms with Crippen molar-refractivity contribution in [3.05, 3.63) is 0 Å². The maximum atomic E-state index is 10.4. The quantitative estimate of drug-likeness (QED) is 0.524. The minimum Gasteiger partial charge on any atom is -0.375 e. The van der Waals surface area contributed by atoms with Crippen molar-refractivity contribution in [1.82, 2.24) is 0 Å². The van der Waals surface area contributed by atoms with Crippen LogP contribution in [0.15, 0.2) is 0 Å². The molecule has 13 heavy (non-hydrogen) atoms. The molecule has 0 bridgehead atoms. The number of rotatable bonds is 4. The second kappa shape index (κ2) is 3.88. The molecule has 7 nitrogen and oxygen atoms in total. The van der Waals surface area contributed by atoms with Crippen LogP contribution in [0.3, 0.4) is 0 Å². The van der Waals surface area contributed by atoms with E-state index in [9.17, 15) is 16.8 Å². The fourth-order valence-electron chi connectivity index (χ4n) is 0.527. The molecular formula is C4H10O7S2. The first-order chi connectivity index (χ1) is 5.55. The number of hydrogen-bond acceptors (Lipinski definition) is 5.